The number of hydrogen-bond acceptors (Lipinski definition) is 2. The molecule has 286 valence electrons. The van der Waals surface area contributed by atoms with E-state index in [4.69, 9.17) is 9.97 Å². The fraction of sp³-hybridized carbons (Fsp3) is 0.0169. The molecule has 2 heteroatoms. The van der Waals surface area contributed by atoms with Crippen molar-refractivity contribution in [3.05, 3.63) is 265 Å². The molecule has 1 aliphatic rings. The zero-order chi connectivity index (χ0) is 40.6. The molecule has 1 aliphatic carbocycles. The summed E-state index contributed by atoms with van der Waals surface area (Å²) < 4.78 is 0. The van der Waals surface area contributed by atoms with Gasteiger partial charge in [0.1, 0.15) is 0 Å². The van der Waals surface area contributed by atoms with Gasteiger partial charge < -0.3 is 0 Å². The van der Waals surface area contributed by atoms with Crippen LogP contribution in [-0.4, -0.2) is 9.97 Å². The van der Waals surface area contributed by atoms with E-state index in [1.807, 2.05) is 24.3 Å². The third-order valence-electron chi connectivity index (χ3n) is 12.2. The highest BCUT2D eigenvalue weighted by Gasteiger charge is 2.46. The summed E-state index contributed by atoms with van der Waals surface area (Å²) in [7, 11) is 0. The summed E-state index contributed by atoms with van der Waals surface area (Å²) in [6.07, 6.45) is 0. The summed E-state index contributed by atoms with van der Waals surface area (Å²) in [5.74, 6) is 0.701. The molecular weight excluding hydrogens is 737 g/mol. The predicted octanol–water partition coefficient (Wildman–Crippen LogP) is 14.8. The molecule has 0 bridgehead atoms. The average Bonchev–Trinajstić information content (AvgIpc) is 3.66. The van der Waals surface area contributed by atoms with E-state index in [1.165, 1.54) is 55.6 Å². The number of nitrogens with zero attached hydrogens (tertiary/aromatic N) is 2. The van der Waals surface area contributed by atoms with Crippen molar-refractivity contribution in [3.63, 3.8) is 0 Å². The molecule has 0 saturated carbocycles. The first-order valence-electron chi connectivity index (χ1n) is 20.9. The van der Waals surface area contributed by atoms with Crippen molar-refractivity contribution in [2.75, 3.05) is 0 Å². The molecule has 11 rings (SSSR count). The average molecular weight is 777 g/mol. The van der Waals surface area contributed by atoms with Gasteiger partial charge in [0.15, 0.2) is 5.82 Å². The number of fused-ring (bicyclic) bond motifs is 3. The van der Waals surface area contributed by atoms with Gasteiger partial charge in [-0.1, -0.05) is 224 Å². The fourth-order valence-corrected chi connectivity index (χ4v) is 9.39. The van der Waals surface area contributed by atoms with Gasteiger partial charge in [0, 0.05) is 16.7 Å². The predicted molar refractivity (Wildman–Crippen MR) is 252 cm³/mol. The molecule has 10 aromatic rings. The Morgan fingerprint density at radius 2 is 0.639 bits per heavy atom. The summed E-state index contributed by atoms with van der Waals surface area (Å²) >= 11 is 0. The molecule has 0 radical (unpaired) electrons. The minimum atomic E-state index is -0.496. The van der Waals surface area contributed by atoms with Gasteiger partial charge >= 0.3 is 0 Å². The maximum absolute atomic E-state index is 5.18. The number of hydrogen-bond donors (Lipinski definition) is 0. The highest BCUT2D eigenvalue weighted by Crippen LogP contribution is 2.57. The molecule has 0 amide bonds. The Labute approximate surface area is 357 Å². The van der Waals surface area contributed by atoms with Crippen LogP contribution in [-0.2, 0) is 5.41 Å². The lowest BCUT2D eigenvalue weighted by Gasteiger charge is -2.35. The molecule has 0 saturated heterocycles. The van der Waals surface area contributed by atoms with E-state index in [1.54, 1.807) is 0 Å². The summed E-state index contributed by atoms with van der Waals surface area (Å²) in [6.45, 7) is 0. The molecule has 9 aromatic carbocycles. The lowest BCUT2D eigenvalue weighted by molar-refractivity contribution is 0.770. The van der Waals surface area contributed by atoms with E-state index in [0.29, 0.717) is 5.82 Å². The highest BCUT2D eigenvalue weighted by atomic mass is 14.9. The van der Waals surface area contributed by atoms with Crippen LogP contribution in [0.5, 0.6) is 0 Å². The van der Waals surface area contributed by atoms with Gasteiger partial charge in [-0.2, -0.15) is 0 Å². The van der Waals surface area contributed by atoms with Crippen LogP contribution in [0.3, 0.4) is 0 Å². The molecule has 2 nitrogen and oxygen atoms in total. The normalized spacial score (nSPS) is 12.4. The first kappa shape index (κ1) is 36.2. The van der Waals surface area contributed by atoms with E-state index in [0.717, 1.165) is 39.2 Å². The van der Waals surface area contributed by atoms with Crippen LogP contribution < -0.4 is 0 Å². The smallest absolute Gasteiger partial charge is 0.160 e. The lowest BCUT2D eigenvalue weighted by Crippen LogP contribution is -2.29. The van der Waals surface area contributed by atoms with Gasteiger partial charge in [-0.05, 0) is 85.0 Å². The SMILES string of the molecule is c1ccc(-c2ccc(-c3cc(-c4cccc(-c5cccc(-c6ccccc6C6(c7ccccc7)c7ccccc7-c7ccccc76)c5)c4)nc(-c4ccccc4)n3)cc2)cc1. The Kier molecular flexibility index (Phi) is 9.09. The molecular formula is C59H40N2. The number of aromatic nitrogens is 2. The van der Waals surface area contributed by atoms with Gasteiger partial charge in [-0.15, -0.1) is 0 Å². The molecule has 0 aliphatic heterocycles. The van der Waals surface area contributed by atoms with Crippen LogP contribution in [0.1, 0.15) is 22.3 Å². The van der Waals surface area contributed by atoms with Gasteiger partial charge in [0.05, 0.1) is 16.8 Å². The fourth-order valence-electron chi connectivity index (χ4n) is 9.39. The van der Waals surface area contributed by atoms with Gasteiger partial charge in [0.2, 0.25) is 0 Å². The van der Waals surface area contributed by atoms with E-state index >= 15 is 0 Å². The maximum atomic E-state index is 5.18. The van der Waals surface area contributed by atoms with Crippen molar-refractivity contribution in [2.45, 2.75) is 5.41 Å². The van der Waals surface area contributed by atoms with E-state index in [2.05, 4.69) is 218 Å². The van der Waals surface area contributed by atoms with Crippen molar-refractivity contribution in [2.24, 2.45) is 0 Å². The summed E-state index contributed by atoms with van der Waals surface area (Å²) in [5.41, 5.74) is 19.1. The van der Waals surface area contributed by atoms with Crippen molar-refractivity contribution >= 4 is 0 Å². The molecule has 0 atom stereocenters. The van der Waals surface area contributed by atoms with Crippen LogP contribution in [0.25, 0.3) is 78.4 Å². The van der Waals surface area contributed by atoms with E-state index in [9.17, 15) is 0 Å². The first-order valence-corrected chi connectivity index (χ1v) is 20.9. The number of rotatable bonds is 8. The topological polar surface area (TPSA) is 25.8 Å². The third kappa shape index (κ3) is 6.37. The monoisotopic (exact) mass is 776 g/mol. The van der Waals surface area contributed by atoms with Crippen LogP contribution in [0, 0.1) is 0 Å². The van der Waals surface area contributed by atoms with Gasteiger partial charge in [-0.25, -0.2) is 9.97 Å². The molecule has 0 fully saturated rings. The van der Waals surface area contributed by atoms with E-state index in [-0.39, 0.29) is 0 Å². The van der Waals surface area contributed by atoms with E-state index < -0.39 is 5.41 Å². The molecule has 0 N–H and O–H groups in total. The van der Waals surface area contributed by atoms with Gasteiger partial charge in [0.25, 0.3) is 0 Å². The third-order valence-corrected chi connectivity index (χ3v) is 12.2. The quantitative estimate of drug-likeness (QED) is 0.154. The minimum Gasteiger partial charge on any atom is -0.228 e. The van der Waals surface area contributed by atoms with Crippen LogP contribution >= 0.6 is 0 Å². The first-order chi connectivity index (χ1) is 30.2. The van der Waals surface area contributed by atoms with Gasteiger partial charge in [-0.3, -0.25) is 0 Å². The summed E-state index contributed by atoms with van der Waals surface area (Å²) in [4.78, 5) is 10.3. The highest BCUT2D eigenvalue weighted by molar-refractivity contribution is 5.89. The standard InChI is InChI=1S/C59H40N2/c1-4-18-41(19-5-1)42-34-36-43(37-35-42)56-40-57(61-58(60-56)44-20-6-2-7-21-44)48-25-17-23-46(39-48)45-22-16-24-47(38-45)50-28-10-13-31-53(50)59(49-26-8-3-9-27-49)54-32-14-11-29-51(54)52-30-12-15-33-55(52)59/h1-40H. The van der Waals surface area contributed by atoms with Crippen molar-refractivity contribution in [1.82, 2.24) is 9.97 Å². The Hall–Kier alpha value is -7.94. The Bertz CT molecular complexity index is 3130. The van der Waals surface area contributed by atoms with Crippen molar-refractivity contribution in [1.29, 1.82) is 0 Å². The van der Waals surface area contributed by atoms with Crippen LogP contribution in [0.4, 0.5) is 0 Å². The van der Waals surface area contributed by atoms with Crippen molar-refractivity contribution < 1.29 is 0 Å². The van der Waals surface area contributed by atoms with Crippen LogP contribution in [0.15, 0.2) is 243 Å². The molecule has 61 heavy (non-hydrogen) atoms. The second-order valence-corrected chi connectivity index (χ2v) is 15.7. The zero-order valence-corrected chi connectivity index (χ0v) is 33.5. The number of benzene rings is 9. The largest absolute Gasteiger partial charge is 0.228 e. The van der Waals surface area contributed by atoms with Crippen molar-refractivity contribution in [3.8, 4) is 78.4 Å². The lowest BCUT2D eigenvalue weighted by atomic mass is 9.66. The molecule has 1 aromatic heterocycles. The summed E-state index contributed by atoms with van der Waals surface area (Å²) in [6, 6.07) is 87.2. The maximum Gasteiger partial charge on any atom is 0.160 e. The molecule has 1 heterocycles. The minimum absolute atomic E-state index is 0.496. The zero-order valence-electron chi connectivity index (χ0n) is 33.5. The molecule has 0 unspecified atom stereocenters. The Balaban J connectivity index is 1.02. The second-order valence-electron chi connectivity index (χ2n) is 15.7. The second kappa shape index (κ2) is 15.3. The molecule has 0 spiro atoms. The Morgan fingerprint density at radius 3 is 1.25 bits per heavy atom. The summed E-state index contributed by atoms with van der Waals surface area (Å²) in [5, 5.41) is 0. The van der Waals surface area contributed by atoms with Crippen LogP contribution in [0.2, 0.25) is 0 Å². The Morgan fingerprint density at radius 1 is 0.246 bits per heavy atom.